The van der Waals surface area contributed by atoms with Crippen LogP contribution in [0.25, 0.3) is 0 Å². The number of hydrogen-bond donors (Lipinski definition) is 0. The van der Waals surface area contributed by atoms with E-state index in [1.165, 1.54) is 23.3 Å². The molecule has 0 unspecified atom stereocenters. The van der Waals surface area contributed by atoms with Gasteiger partial charge in [0.2, 0.25) is 6.79 Å². The molecule has 1 aromatic carbocycles. The summed E-state index contributed by atoms with van der Waals surface area (Å²) in [5.41, 5.74) is 3.58. The summed E-state index contributed by atoms with van der Waals surface area (Å²) in [6.07, 6.45) is 2.24. The first-order valence-electron chi connectivity index (χ1n) is 10.3. The van der Waals surface area contributed by atoms with Crippen LogP contribution in [-0.2, 0) is 6.54 Å². The maximum absolute atomic E-state index is 12.6. The van der Waals surface area contributed by atoms with Crippen LogP contribution in [-0.4, -0.2) is 77.7 Å². The third-order valence-corrected chi connectivity index (χ3v) is 6.69. The second kappa shape index (κ2) is 8.30. The van der Waals surface area contributed by atoms with E-state index in [4.69, 9.17) is 9.47 Å². The molecule has 154 valence electrons. The number of amides is 1. The molecule has 0 bridgehead atoms. The average molecular weight is 415 g/mol. The van der Waals surface area contributed by atoms with Gasteiger partial charge in [-0.05, 0) is 30.5 Å². The number of benzene rings is 1. The molecular formula is C21H26N4O3S. The van der Waals surface area contributed by atoms with Gasteiger partial charge >= 0.3 is 0 Å². The smallest absolute Gasteiger partial charge is 0.273 e. The molecule has 3 aliphatic heterocycles. The van der Waals surface area contributed by atoms with Crippen molar-refractivity contribution in [1.29, 1.82) is 0 Å². The number of hydrogen-bond acceptors (Lipinski definition) is 7. The van der Waals surface area contributed by atoms with E-state index in [1.54, 1.807) is 5.51 Å². The van der Waals surface area contributed by atoms with Crippen molar-refractivity contribution in [2.45, 2.75) is 25.4 Å². The highest BCUT2D eigenvalue weighted by atomic mass is 32.1. The normalized spacial score (nSPS) is 22.8. The number of nitrogens with zero attached hydrogens (tertiary/aromatic N) is 4. The minimum Gasteiger partial charge on any atom is -0.454 e. The number of likely N-dealkylation sites (tertiary alicyclic amines) is 1. The average Bonchev–Trinajstić information content (AvgIpc) is 3.46. The van der Waals surface area contributed by atoms with Gasteiger partial charge in [-0.3, -0.25) is 14.6 Å². The third kappa shape index (κ3) is 4.10. The van der Waals surface area contributed by atoms with Crippen LogP contribution in [0.1, 0.15) is 28.9 Å². The van der Waals surface area contributed by atoms with Crippen molar-refractivity contribution in [2.75, 3.05) is 46.1 Å². The fourth-order valence-electron chi connectivity index (χ4n) is 4.50. The number of piperazine rings is 1. The number of carbonyl (C=O) groups excluding carboxylic acids is 1. The largest absolute Gasteiger partial charge is 0.454 e. The van der Waals surface area contributed by atoms with Crippen LogP contribution < -0.4 is 9.47 Å². The molecule has 4 heterocycles. The number of thiazole rings is 1. The van der Waals surface area contributed by atoms with E-state index < -0.39 is 0 Å². The lowest BCUT2D eigenvalue weighted by Crippen LogP contribution is -2.55. The Morgan fingerprint density at radius 3 is 2.83 bits per heavy atom. The zero-order valence-corrected chi connectivity index (χ0v) is 17.3. The molecule has 5 rings (SSSR count). The summed E-state index contributed by atoms with van der Waals surface area (Å²) in [6.45, 7) is 7.11. The highest BCUT2D eigenvalue weighted by molar-refractivity contribution is 7.07. The van der Waals surface area contributed by atoms with E-state index in [0.717, 1.165) is 63.7 Å². The monoisotopic (exact) mass is 414 g/mol. The van der Waals surface area contributed by atoms with E-state index >= 15 is 0 Å². The molecule has 0 radical (unpaired) electrons. The summed E-state index contributed by atoms with van der Waals surface area (Å²) in [5.74, 6) is 1.78. The van der Waals surface area contributed by atoms with Crippen LogP contribution in [0.4, 0.5) is 0 Å². The van der Waals surface area contributed by atoms with Crippen LogP contribution in [0.15, 0.2) is 29.1 Å². The number of aromatic nitrogens is 1. The Kier molecular flexibility index (Phi) is 5.39. The molecule has 2 saturated heterocycles. The van der Waals surface area contributed by atoms with Gasteiger partial charge in [0.05, 0.1) is 5.51 Å². The van der Waals surface area contributed by atoms with E-state index in [-0.39, 0.29) is 5.91 Å². The maximum Gasteiger partial charge on any atom is 0.273 e. The molecule has 2 fully saturated rings. The number of ether oxygens (including phenoxy) is 2. The fraction of sp³-hybridized carbons (Fsp3) is 0.524. The number of piperidine rings is 1. The number of rotatable bonds is 4. The van der Waals surface area contributed by atoms with Crippen molar-refractivity contribution in [3.63, 3.8) is 0 Å². The van der Waals surface area contributed by atoms with Gasteiger partial charge in [-0.15, -0.1) is 11.3 Å². The lowest BCUT2D eigenvalue weighted by molar-refractivity contribution is 0.0404. The zero-order chi connectivity index (χ0) is 19.6. The van der Waals surface area contributed by atoms with Crippen molar-refractivity contribution < 1.29 is 14.3 Å². The Labute approximate surface area is 174 Å². The summed E-state index contributed by atoms with van der Waals surface area (Å²) in [5, 5.41) is 1.85. The Balaban J connectivity index is 1.14. The zero-order valence-electron chi connectivity index (χ0n) is 16.5. The molecule has 7 nitrogen and oxygen atoms in total. The van der Waals surface area contributed by atoms with E-state index in [0.29, 0.717) is 18.5 Å². The fourth-order valence-corrected chi connectivity index (χ4v) is 5.03. The molecule has 0 N–H and O–H groups in total. The molecular weight excluding hydrogens is 388 g/mol. The highest BCUT2D eigenvalue weighted by Gasteiger charge is 2.31. The number of fused-ring (bicyclic) bond motifs is 1. The van der Waals surface area contributed by atoms with Gasteiger partial charge in [-0.1, -0.05) is 6.07 Å². The Morgan fingerprint density at radius 2 is 2.00 bits per heavy atom. The van der Waals surface area contributed by atoms with Crippen LogP contribution in [0, 0.1) is 0 Å². The standard InChI is InChI=1S/C21H26N4O3S/c26-21(18-13-29-14-22-18)25-5-1-2-17(12-25)24-8-6-23(7-9-24)11-16-3-4-19-20(10-16)28-15-27-19/h3-4,10,13-14,17H,1-2,5-9,11-12,15H2/t17-/m0/s1. The summed E-state index contributed by atoms with van der Waals surface area (Å²) >= 11 is 1.48. The van der Waals surface area contributed by atoms with Crippen molar-refractivity contribution in [2.24, 2.45) is 0 Å². The van der Waals surface area contributed by atoms with Gasteiger partial charge in [0.15, 0.2) is 11.5 Å². The third-order valence-electron chi connectivity index (χ3n) is 6.10. The summed E-state index contributed by atoms with van der Waals surface area (Å²) in [4.78, 5) is 23.9. The molecule has 1 aromatic heterocycles. The minimum absolute atomic E-state index is 0.0809. The second-order valence-electron chi connectivity index (χ2n) is 7.92. The van der Waals surface area contributed by atoms with Crippen LogP contribution in [0.2, 0.25) is 0 Å². The van der Waals surface area contributed by atoms with Gasteiger partial charge < -0.3 is 14.4 Å². The van der Waals surface area contributed by atoms with E-state index in [2.05, 4.69) is 26.9 Å². The Morgan fingerprint density at radius 1 is 1.14 bits per heavy atom. The Hall–Kier alpha value is -2.16. The van der Waals surface area contributed by atoms with Gasteiger partial charge in [-0.25, -0.2) is 4.98 Å². The molecule has 0 spiro atoms. The molecule has 0 saturated carbocycles. The quantitative estimate of drug-likeness (QED) is 0.765. The summed E-state index contributed by atoms with van der Waals surface area (Å²) in [6, 6.07) is 6.68. The molecule has 3 aliphatic rings. The van der Waals surface area contributed by atoms with Crippen LogP contribution in [0.5, 0.6) is 11.5 Å². The maximum atomic E-state index is 12.6. The highest BCUT2D eigenvalue weighted by Crippen LogP contribution is 2.33. The first-order chi connectivity index (χ1) is 14.3. The molecule has 0 aliphatic carbocycles. The lowest BCUT2D eigenvalue weighted by Gasteiger charge is -2.43. The molecule has 8 heteroatoms. The molecule has 29 heavy (non-hydrogen) atoms. The predicted molar refractivity (Wildman–Crippen MR) is 110 cm³/mol. The van der Waals surface area contributed by atoms with Crippen LogP contribution in [0.3, 0.4) is 0 Å². The van der Waals surface area contributed by atoms with Crippen molar-refractivity contribution in [3.05, 3.63) is 40.3 Å². The summed E-state index contributed by atoms with van der Waals surface area (Å²) in [7, 11) is 0. The molecule has 1 amide bonds. The van der Waals surface area contributed by atoms with Crippen molar-refractivity contribution in [3.8, 4) is 11.5 Å². The van der Waals surface area contributed by atoms with Crippen molar-refractivity contribution in [1.82, 2.24) is 19.7 Å². The molecule has 2 aromatic rings. The Bertz CT molecular complexity index is 852. The number of carbonyl (C=O) groups is 1. The van der Waals surface area contributed by atoms with Gasteiger partial charge in [0, 0.05) is 57.2 Å². The predicted octanol–water partition coefficient (Wildman–Crippen LogP) is 2.29. The van der Waals surface area contributed by atoms with Gasteiger partial charge in [-0.2, -0.15) is 0 Å². The first kappa shape index (κ1) is 18.8. The van der Waals surface area contributed by atoms with Crippen LogP contribution >= 0.6 is 11.3 Å². The minimum atomic E-state index is 0.0809. The topological polar surface area (TPSA) is 58.1 Å². The van der Waals surface area contributed by atoms with Gasteiger partial charge in [0.1, 0.15) is 5.69 Å². The second-order valence-corrected chi connectivity index (χ2v) is 8.64. The lowest BCUT2D eigenvalue weighted by atomic mass is 10.0. The van der Waals surface area contributed by atoms with E-state index in [1.807, 2.05) is 16.3 Å². The molecule has 1 atom stereocenters. The van der Waals surface area contributed by atoms with Gasteiger partial charge in [0.25, 0.3) is 5.91 Å². The van der Waals surface area contributed by atoms with Crippen molar-refractivity contribution >= 4 is 17.2 Å². The van der Waals surface area contributed by atoms with E-state index in [9.17, 15) is 4.79 Å². The first-order valence-corrected chi connectivity index (χ1v) is 11.2. The summed E-state index contributed by atoms with van der Waals surface area (Å²) < 4.78 is 10.9. The SMILES string of the molecule is O=C(c1cscn1)N1CCC[C@H](N2CCN(Cc3ccc4c(c3)OCO4)CC2)C1.